The lowest BCUT2D eigenvalue weighted by molar-refractivity contribution is -0.130. The zero-order chi connectivity index (χ0) is 9.94. The molecule has 0 aromatic heterocycles. The summed E-state index contributed by atoms with van der Waals surface area (Å²) in [6.07, 6.45) is -0.0185. The quantitative estimate of drug-likeness (QED) is 0.657. The van der Waals surface area contributed by atoms with Crippen LogP contribution in [0.2, 0.25) is 0 Å². The van der Waals surface area contributed by atoms with Crippen LogP contribution in [0.3, 0.4) is 0 Å². The maximum absolute atomic E-state index is 11.6. The van der Waals surface area contributed by atoms with Gasteiger partial charge in [-0.3, -0.25) is 4.79 Å². The average Bonchev–Trinajstić information content (AvgIpc) is 2.01. The Morgan fingerprint density at radius 1 is 1.58 bits per heavy atom. The summed E-state index contributed by atoms with van der Waals surface area (Å²) in [5.41, 5.74) is 5.10. The molecule has 0 fully saturated rings. The number of rotatable bonds is 4. The van der Waals surface area contributed by atoms with Crippen molar-refractivity contribution in [3.05, 3.63) is 0 Å². The van der Waals surface area contributed by atoms with E-state index in [2.05, 4.69) is 0 Å². The highest BCUT2D eigenvalue weighted by atomic mass is 16.3. The third-order valence-electron chi connectivity index (χ3n) is 2.37. The van der Waals surface area contributed by atoms with E-state index in [-0.39, 0.29) is 5.78 Å². The van der Waals surface area contributed by atoms with Gasteiger partial charge in [-0.25, -0.2) is 0 Å². The predicted octanol–water partition coefficient (Wildman–Crippen LogP) is 0.700. The molecular weight excluding hydrogens is 154 g/mol. The van der Waals surface area contributed by atoms with Crippen LogP contribution in [0.25, 0.3) is 0 Å². The highest BCUT2D eigenvalue weighted by Gasteiger charge is 2.32. The van der Waals surface area contributed by atoms with Crippen molar-refractivity contribution < 1.29 is 9.90 Å². The number of aliphatic hydroxyl groups is 1. The van der Waals surface area contributed by atoms with E-state index in [0.29, 0.717) is 0 Å². The minimum Gasteiger partial charge on any atom is -0.391 e. The zero-order valence-electron chi connectivity index (χ0n) is 8.29. The first-order chi connectivity index (χ1) is 5.33. The van der Waals surface area contributed by atoms with Gasteiger partial charge in [-0.1, -0.05) is 20.8 Å². The number of Topliss-reactive ketones (excluding diaryl/α,β-unsaturated/α-hetero) is 1. The Morgan fingerprint density at radius 2 is 2.00 bits per heavy atom. The van der Waals surface area contributed by atoms with E-state index >= 15 is 0 Å². The van der Waals surface area contributed by atoms with E-state index in [1.807, 2.05) is 20.8 Å². The van der Waals surface area contributed by atoms with Crippen molar-refractivity contribution in [1.29, 1.82) is 0 Å². The lowest BCUT2D eigenvalue weighted by Gasteiger charge is -2.26. The summed E-state index contributed by atoms with van der Waals surface area (Å²) in [5.74, 6) is -0.0694. The summed E-state index contributed by atoms with van der Waals surface area (Å²) in [7, 11) is 0. The largest absolute Gasteiger partial charge is 0.391 e. The lowest BCUT2D eigenvalue weighted by atomic mass is 9.81. The Labute approximate surface area is 74.0 Å². The molecule has 0 radical (unpaired) electrons. The molecule has 3 N–H and O–H groups in total. The molecule has 12 heavy (non-hydrogen) atoms. The molecule has 0 amide bonds. The second kappa shape index (κ2) is 4.01. The van der Waals surface area contributed by atoms with Crippen molar-refractivity contribution in [3.63, 3.8) is 0 Å². The molecule has 0 aromatic rings. The van der Waals surface area contributed by atoms with Crippen molar-refractivity contribution in [2.45, 2.75) is 46.3 Å². The zero-order valence-corrected chi connectivity index (χ0v) is 8.29. The predicted molar refractivity (Wildman–Crippen MR) is 48.7 cm³/mol. The molecule has 0 bridgehead atoms. The molecular formula is C9H19NO2. The van der Waals surface area contributed by atoms with Crippen LogP contribution in [0.4, 0.5) is 0 Å². The van der Waals surface area contributed by atoms with Crippen LogP contribution in [0.1, 0.15) is 34.1 Å². The topological polar surface area (TPSA) is 63.3 Å². The van der Waals surface area contributed by atoms with Crippen LogP contribution in [0.15, 0.2) is 0 Å². The summed E-state index contributed by atoms with van der Waals surface area (Å²) >= 11 is 0. The van der Waals surface area contributed by atoms with E-state index in [9.17, 15) is 4.79 Å². The highest BCUT2D eigenvalue weighted by molar-refractivity contribution is 5.89. The van der Waals surface area contributed by atoms with Crippen molar-refractivity contribution in [2.75, 3.05) is 0 Å². The van der Waals surface area contributed by atoms with Crippen molar-refractivity contribution >= 4 is 5.78 Å². The molecule has 0 aliphatic carbocycles. The third-order valence-corrected chi connectivity index (χ3v) is 2.37. The maximum Gasteiger partial charge on any atom is 0.157 e. The average molecular weight is 173 g/mol. The molecule has 0 saturated heterocycles. The molecule has 2 atom stereocenters. The molecule has 3 nitrogen and oxygen atoms in total. The second-order valence-corrected chi connectivity index (χ2v) is 3.87. The molecule has 0 rings (SSSR count). The second-order valence-electron chi connectivity index (χ2n) is 3.87. The number of nitrogens with two attached hydrogens (primary N) is 1. The van der Waals surface area contributed by atoms with Gasteiger partial charge in [0.15, 0.2) is 5.78 Å². The Balaban J connectivity index is 4.39. The summed E-state index contributed by atoms with van der Waals surface area (Å²) < 4.78 is 0. The summed E-state index contributed by atoms with van der Waals surface area (Å²) in [5, 5.41) is 9.10. The molecule has 0 unspecified atom stereocenters. The van der Waals surface area contributed by atoms with Gasteiger partial charge >= 0.3 is 0 Å². The number of hydrogen-bond acceptors (Lipinski definition) is 3. The van der Waals surface area contributed by atoms with Crippen LogP contribution < -0.4 is 5.73 Å². The molecule has 0 aliphatic rings. The number of hydrogen-bond donors (Lipinski definition) is 2. The van der Waals surface area contributed by atoms with Crippen LogP contribution in [-0.4, -0.2) is 23.0 Å². The fraction of sp³-hybridized carbons (Fsp3) is 0.889. The van der Waals surface area contributed by atoms with E-state index in [1.54, 1.807) is 0 Å². The van der Waals surface area contributed by atoms with Gasteiger partial charge in [0, 0.05) is 5.41 Å². The Morgan fingerprint density at radius 3 is 2.25 bits per heavy atom. The first kappa shape index (κ1) is 11.6. The molecule has 3 heteroatoms. The van der Waals surface area contributed by atoms with Crippen LogP contribution in [0, 0.1) is 5.41 Å². The number of ketones is 1. The molecule has 0 saturated carbocycles. The fourth-order valence-corrected chi connectivity index (χ4v) is 0.844. The Kier molecular flexibility index (Phi) is 3.87. The van der Waals surface area contributed by atoms with Gasteiger partial charge in [-0.15, -0.1) is 0 Å². The van der Waals surface area contributed by atoms with Gasteiger partial charge in [0.2, 0.25) is 0 Å². The Bertz CT molecular complexity index is 164. The summed E-state index contributed by atoms with van der Waals surface area (Å²) in [4.78, 5) is 11.6. The maximum atomic E-state index is 11.6. The lowest BCUT2D eigenvalue weighted by Crippen LogP contribution is -2.46. The Hall–Kier alpha value is -0.410. The van der Waals surface area contributed by atoms with Crippen LogP contribution >= 0.6 is 0 Å². The minimum atomic E-state index is -0.761. The van der Waals surface area contributed by atoms with Gasteiger partial charge in [-0.2, -0.15) is 0 Å². The van der Waals surface area contributed by atoms with Gasteiger partial charge in [-0.05, 0) is 13.3 Å². The first-order valence-corrected chi connectivity index (χ1v) is 4.31. The van der Waals surface area contributed by atoms with Crippen molar-refractivity contribution in [3.8, 4) is 0 Å². The van der Waals surface area contributed by atoms with E-state index in [4.69, 9.17) is 10.8 Å². The highest BCUT2D eigenvalue weighted by Crippen LogP contribution is 2.22. The molecule has 0 aliphatic heterocycles. The van der Waals surface area contributed by atoms with E-state index < -0.39 is 17.6 Å². The monoisotopic (exact) mass is 173 g/mol. The number of aliphatic hydroxyl groups excluding tert-OH is 1. The smallest absolute Gasteiger partial charge is 0.157 e. The SMILES string of the molecule is CCC(C)(C)C(=O)[C@H](N)[C@H](C)O. The van der Waals surface area contributed by atoms with Gasteiger partial charge in [0.1, 0.15) is 0 Å². The van der Waals surface area contributed by atoms with Gasteiger partial charge < -0.3 is 10.8 Å². The number of carbonyl (C=O) groups excluding carboxylic acids is 1. The van der Waals surface area contributed by atoms with Crippen molar-refractivity contribution in [2.24, 2.45) is 11.1 Å². The normalized spacial score (nSPS) is 17.2. The summed E-state index contributed by atoms with van der Waals surface area (Å²) in [6, 6.07) is -0.750. The summed E-state index contributed by atoms with van der Waals surface area (Å²) in [6.45, 7) is 7.16. The standard InChI is InChI=1S/C9H19NO2/c1-5-9(3,4)8(12)7(10)6(2)11/h6-7,11H,5,10H2,1-4H3/t6-,7+/m0/s1. The molecule has 0 spiro atoms. The molecule has 0 heterocycles. The first-order valence-electron chi connectivity index (χ1n) is 4.31. The van der Waals surface area contributed by atoms with Crippen LogP contribution in [-0.2, 0) is 4.79 Å². The van der Waals surface area contributed by atoms with Crippen LogP contribution in [0.5, 0.6) is 0 Å². The van der Waals surface area contributed by atoms with Gasteiger partial charge in [0.05, 0.1) is 12.1 Å². The minimum absolute atomic E-state index is 0.0694. The van der Waals surface area contributed by atoms with E-state index in [0.717, 1.165) is 6.42 Å². The van der Waals surface area contributed by atoms with Crippen molar-refractivity contribution in [1.82, 2.24) is 0 Å². The molecule has 0 aromatic carbocycles. The fourth-order valence-electron chi connectivity index (χ4n) is 0.844. The third kappa shape index (κ3) is 2.57. The molecule has 72 valence electrons. The van der Waals surface area contributed by atoms with E-state index in [1.165, 1.54) is 6.92 Å². The van der Waals surface area contributed by atoms with Gasteiger partial charge in [0.25, 0.3) is 0 Å². The number of carbonyl (C=O) groups is 1.